The van der Waals surface area contributed by atoms with Crippen LogP contribution in [-0.2, 0) is 28.6 Å². The Hall–Kier alpha value is -1.85. The summed E-state index contributed by atoms with van der Waals surface area (Å²) in [5.41, 5.74) is 0. The normalized spacial score (nSPS) is 12.0. The number of esters is 3. The summed E-state index contributed by atoms with van der Waals surface area (Å²) < 4.78 is 16.8. The third-order valence-corrected chi connectivity index (χ3v) is 12.8. The Morgan fingerprint density at radius 1 is 0.302 bits per heavy atom. The molecule has 6 heteroatoms. The minimum Gasteiger partial charge on any atom is -0.462 e. The highest BCUT2D eigenvalue weighted by Crippen LogP contribution is 2.17. The lowest BCUT2D eigenvalue weighted by Gasteiger charge is -2.18. The Morgan fingerprint density at radius 3 is 0.794 bits per heavy atom. The van der Waals surface area contributed by atoms with E-state index in [0.717, 1.165) is 57.8 Å². The van der Waals surface area contributed by atoms with E-state index >= 15 is 0 Å². The van der Waals surface area contributed by atoms with Crippen LogP contribution >= 0.6 is 0 Å². The molecule has 0 spiro atoms. The van der Waals surface area contributed by atoms with E-state index in [9.17, 15) is 14.4 Å². The molecule has 0 saturated heterocycles. The van der Waals surface area contributed by atoms with Crippen molar-refractivity contribution in [2.75, 3.05) is 13.2 Å². The van der Waals surface area contributed by atoms with Crippen LogP contribution in [0, 0.1) is 0 Å². The van der Waals surface area contributed by atoms with Crippen LogP contribution < -0.4 is 0 Å². The zero-order valence-corrected chi connectivity index (χ0v) is 42.6. The topological polar surface area (TPSA) is 78.9 Å². The Morgan fingerprint density at radius 2 is 0.524 bits per heavy atom. The molecule has 0 aliphatic carbocycles. The molecule has 0 aliphatic rings. The second-order valence-electron chi connectivity index (χ2n) is 19.2. The summed E-state index contributed by atoms with van der Waals surface area (Å²) >= 11 is 0. The highest BCUT2D eigenvalue weighted by Gasteiger charge is 2.19. The highest BCUT2D eigenvalue weighted by molar-refractivity contribution is 5.71. The molecule has 372 valence electrons. The molecule has 0 aromatic heterocycles. The standard InChI is InChI=1S/C57H108O6/c1-4-7-10-13-16-18-20-22-24-26-28-30-31-33-35-37-39-41-44-47-50-56(59)62-53-54(52-61-55(58)49-46-43-15-12-9-6-3)63-57(60)51-48-45-42-40-38-36-34-32-29-27-25-23-21-19-17-14-11-8-5-2/h23,25,54H,4-22,24,26-53H2,1-3H3/b25-23-. The van der Waals surface area contributed by atoms with Gasteiger partial charge in [0.05, 0.1) is 0 Å². The predicted octanol–water partition coefficient (Wildman–Crippen LogP) is 18.5. The van der Waals surface area contributed by atoms with Gasteiger partial charge in [-0.3, -0.25) is 14.4 Å². The average molecular weight is 889 g/mol. The zero-order chi connectivity index (χ0) is 45.8. The maximum atomic E-state index is 12.8. The number of ether oxygens (including phenoxy) is 3. The third kappa shape index (κ3) is 51.0. The third-order valence-electron chi connectivity index (χ3n) is 12.8. The van der Waals surface area contributed by atoms with Crippen molar-refractivity contribution < 1.29 is 28.6 Å². The molecule has 0 heterocycles. The van der Waals surface area contributed by atoms with Gasteiger partial charge < -0.3 is 14.2 Å². The van der Waals surface area contributed by atoms with Gasteiger partial charge >= 0.3 is 17.9 Å². The first-order valence-corrected chi connectivity index (χ1v) is 28.2. The molecule has 0 bridgehead atoms. The molecular weight excluding hydrogens is 781 g/mol. The van der Waals surface area contributed by atoms with Crippen LogP contribution in [0.25, 0.3) is 0 Å². The molecule has 6 nitrogen and oxygen atoms in total. The summed E-state index contributed by atoms with van der Waals surface area (Å²) in [5.74, 6) is -0.858. The van der Waals surface area contributed by atoms with Crippen molar-refractivity contribution in [3.05, 3.63) is 12.2 Å². The Kier molecular flexibility index (Phi) is 51.2. The van der Waals surface area contributed by atoms with Gasteiger partial charge in [-0.2, -0.15) is 0 Å². The van der Waals surface area contributed by atoms with Gasteiger partial charge in [0.2, 0.25) is 0 Å². The van der Waals surface area contributed by atoms with Crippen LogP contribution in [0.4, 0.5) is 0 Å². The second kappa shape index (κ2) is 52.8. The lowest BCUT2D eigenvalue weighted by Crippen LogP contribution is -2.30. The first-order valence-electron chi connectivity index (χ1n) is 28.2. The number of rotatable bonds is 52. The van der Waals surface area contributed by atoms with E-state index in [1.54, 1.807) is 0 Å². The molecule has 63 heavy (non-hydrogen) atoms. The van der Waals surface area contributed by atoms with Gasteiger partial charge in [0.1, 0.15) is 13.2 Å². The van der Waals surface area contributed by atoms with Gasteiger partial charge in [-0.25, -0.2) is 0 Å². The van der Waals surface area contributed by atoms with Crippen LogP contribution in [0.1, 0.15) is 316 Å². The van der Waals surface area contributed by atoms with Crippen LogP contribution in [0.3, 0.4) is 0 Å². The minimum atomic E-state index is -0.763. The van der Waals surface area contributed by atoms with E-state index in [2.05, 4.69) is 32.9 Å². The summed E-state index contributed by atoms with van der Waals surface area (Å²) in [7, 11) is 0. The number of allylic oxidation sites excluding steroid dienone is 2. The van der Waals surface area contributed by atoms with Crippen molar-refractivity contribution in [3.8, 4) is 0 Å². The van der Waals surface area contributed by atoms with Crippen LogP contribution in [-0.4, -0.2) is 37.2 Å². The lowest BCUT2D eigenvalue weighted by molar-refractivity contribution is -0.167. The molecule has 0 aromatic carbocycles. The van der Waals surface area contributed by atoms with E-state index < -0.39 is 6.10 Å². The first kappa shape index (κ1) is 61.1. The van der Waals surface area contributed by atoms with Crippen molar-refractivity contribution in [3.63, 3.8) is 0 Å². The van der Waals surface area contributed by atoms with Crippen LogP contribution in [0.2, 0.25) is 0 Å². The fourth-order valence-corrected chi connectivity index (χ4v) is 8.50. The molecule has 0 rings (SSSR count). The second-order valence-corrected chi connectivity index (χ2v) is 19.2. The number of carbonyl (C=O) groups excluding carboxylic acids is 3. The van der Waals surface area contributed by atoms with Gasteiger partial charge in [0, 0.05) is 19.3 Å². The SMILES string of the molecule is CCCCCCCC/C=C\CCCCCCCCCCCC(=O)OC(COC(=O)CCCCCCCC)COC(=O)CCCCCCCCCCCCCCCCCCCCCC. The van der Waals surface area contributed by atoms with Crippen molar-refractivity contribution in [1.29, 1.82) is 0 Å². The molecule has 0 N–H and O–H groups in total. The maximum absolute atomic E-state index is 12.8. The Balaban J connectivity index is 4.11. The fourth-order valence-electron chi connectivity index (χ4n) is 8.50. The summed E-state index contributed by atoms with van der Waals surface area (Å²) in [6.45, 7) is 6.63. The Labute approximate surface area is 392 Å². The summed E-state index contributed by atoms with van der Waals surface area (Å²) in [4.78, 5) is 37.8. The van der Waals surface area contributed by atoms with E-state index in [1.165, 1.54) is 218 Å². The van der Waals surface area contributed by atoms with Gasteiger partial charge in [-0.05, 0) is 44.9 Å². The van der Waals surface area contributed by atoms with Gasteiger partial charge in [0.15, 0.2) is 6.10 Å². The van der Waals surface area contributed by atoms with Crippen LogP contribution in [0.15, 0.2) is 12.2 Å². The van der Waals surface area contributed by atoms with E-state index in [0.29, 0.717) is 19.3 Å². The molecular formula is C57H108O6. The number of hydrogen-bond donors (Lipinski definition) is 0. The van der Waals surface area contributed by atoms with Gasteiger partial charge in [0.25, 0.3) is 0 Å². The molecule has 0 fully saturated rings. The quantitative estimate of drug-likeness (QED) is 0.0262. The van der Waals surface area contributed by atoms with Crippen LogP contribution in [0.5, 0.6) is 0 Å². The molecule has 0 aromatic rings. The monoisotopic (exact) mass is 889 g/mol. The largest absolute Gasteiger partial charge is 0.462 e. The molecule has 0 radical (unpaired) electrons. The van der Waals surface area contributed by atoms with Crippen molar-refractivity contribution in [1.82, 2.24) is 0 Å². The summed E-state index contributed by atoms with van der Waals surface area (Å²) in [6.07, 6.45) is 59.5. The van der Waals surface area contributed by atoms with Gasteiger partial charge in [-0.15, -0.1) is 0 Å². The average Bonchev–Trinajstić information content (AvgIpc) is 3.28. The number of carbonyl (C=O) groups is 3. The van der Waals surface area contributed by atoms with Crippen molar-refractivity contribution >= 4 is 17.9 Å². The molecule has 0 amide bonds. The fraction of sp³-hybridized carbons (Fsp3) is 0.912. The van der Waals surface area contributed by atoms with Crippen molar-refractivity contribution in [2.45, 2.75) is 322 Å². The zero-order valence-electron chi connectivity index (χ0n) is 42.6. The predicted molar refractivity (Wildman–Crippen MR) is 270 cm³/mol. The molecule has 1 atom stereocenters. The van der Waals surface area contributed by atoms with E-state index in [1.807, 2.05) is 0 Å². The number of unbranched alkanes of at least 4 members (excludes halogenated alkanes) is 39. The highest BCUT2D eigenvalue weighted by atomic mass is 16.6. The first-order chi connectivity index (χ1) is 31.0. The summed E-state index contributed by atoms with van der Waals surface area (Å²) in [6, 6.07) is 0. The maximum Gasteiger partial charge on any atom is 0.306 e. The molecule has 1 unspecified atom stereocenters. The molecule has 0 aliphatic heterocycles. The lowest BCUT2D eigenvalue weighted by atomic mass is 10.0. The molecule has 0 saturated carbocycles. The van der Waals surface area contributed by atoms with Gasteiger partial charge in [-0.1, -0.05) is 264 Å². The Bertz CT molecular complexity index is 978. The van der Waals surface area contributed by atoms with E-state index in [-0.39, 0.29) is 31.1 Å². The minimum absolute atomic E-state index is 0.0659. The summed E-state index contributed by atoms with van der Waals surface area (Å²) in [5, 5.41) is 0. The smallest absolute Gasteiger partial charge is 0.306 e. The van der Waals surface area contributed by atoms with Crippen molar-refractivity contribution in [2.24, 2.45) is 0 Å². The van der Waals surface area contributed by atoms with E-state index in [4.69, 9.17) is 14.2 Å². The number of hydrogen-bond acceptors (Lipinski definition) is 6.